The van der Waals surface area contributed by atoms with E-state index in [1.807, 2.05) is 11.6 Å². The fraction of sp³-hybridized carbons (Fsp3) is 0.641. The van der Waals surface area contributed by atoms with E-state index in [0.29, 0.717) is 43.3 Å². The molecule has 2 aliphatic carbocycles. The smallest absolute Gasteiger partial charge is 0.411 e. The summed E-state index contributed by atoms with van der Waals surface area (Å²) in [7, 11) is -1.75. The summed E-state index contributed by atoms with van der Waals surface area (Å²) in [4.78, 5) is 66.2. The number of nitrogens with one attached hydrogen (secondary N) is 2. The van der Waals surface area contributed by atoms with Crippen LogP contribution in [0.3, 0.4) is 0 Å². The van der Waals surface area contributed by atoms with Gasteiger partial charge in [0.2, 0.25) is 27.7 Å². The van der Waals surface area contributed by atoms with E-state index in [1.54, 1.807) is 30.4 Å². The maximum Gasteiger partial charge on any atom is 0.411 e. The maximum atomic E-state index is 15.0. The Hall–Kier alpha value is -4.95. The number of alkyl halides is 4. The predicted molar refractivity (Wildman–Crippen MR) is 206 cm³/mol. The summed E-state index contributed by atoms with van der Waals surface area (Å²) in [5.41, 5.74) is -4.61. The van der Waals surface area contributed by atoms with E-state index >= 15 is 4.79 Å². The number of aromatic nitrogens is 2. The van der Waals surface area contributed by atoms with Crippen LogP contribution in [0.25, 0.3) is 10.9 Å². The summed E-state index contributed by atoms with van der Waals surface area (Å²) in [6.07, 6.45) is -4.27. The highest BCUT2D eigenvalue weighted by Gasteiger charge is 2.64. The van der Waals surface area contributed by atoms with Gasteiger partial charge in [-0.15, -0.1) is 0 Å². The van der Waals surface area contributed by atoms with Gasteiger partial charge >= 0.3 is 18.3 Å². The highest BCUT2D eigenvalue weighted by atomic mass is 32.2. The van der Waals surface area contributed by atoms with Gasteiger partial charge in [0.15, 0.2) is 0 Å². The maximum absolute atomic E-state index is 15.0. The number of carboxylic acid groups (broad SMARTS) is 1. The van der Waals surface area contributed by atoms with Crippen LogP contribution in [0.2, 0.25) is 0 Å². The van der Waals surface area contributed by atoms with Crippen molar-refractivity contribution in [1.29, 1.82) is 0 Å². The minimum Gasteiger partial charge on any atom is -0.497 e. The molecule has 2 aromatic rings. The number of ether oxygens (including phenoxy) is 3. The van der Waals surface area contributed by atoms with Crippen LogP contribution in [-0.2, 0) is 24.4 Å². The fourth-order valence-electron chi connectivity index (χ4n) is 8.26. The molecule has 2 aliphatic heterocycles. The van der Waals surface area contributed by atoms with Crippen molar-refractivity contribution in [3.05, 3.63) is 30.4 Å². The van der Waals surface area contributed by atoms with Crippen LogP contribution < -0.4 is 24.2 Å². The van der Waals surface area contributed by atoms with E-state index in [0.717, 1.165) is 4.90 Å². The molecular formula is C39H50F4N6O10S. The minimum absolute atomic E-state index is 0.00729. The minimum atomic E-state index is -5.13. The van der Waals surface area contributed by atoms with Crippen molar-refractivity contribution in [2.75, 3.05) is 27.4 Å². The highest BCUT2D eigenvalue weighted by molar-refractivity contribution is 7.91. The van der Waals surface area contributed by atoms with Crippen molar-refractivity contribution >= 4 is 44.7 Å². The number of fused-ring (bicyclic) bond motifs is 3. The number of benzene rings is 1. The molecule has 3 heterocycles. The molecule has 60 heavy (non-hydrogen) atoms. The Kier molecular flexibility index (Phi) is 12.0. The normalized spacial score (nSPS) is 28.3. The molecule has 330 valence electrons. The Morgan fingerprint density at radius 2 is 1.80 bits per heavy atom. The molecule has 3 N–H and O–H groups in total. The fourth-order valence-corrected chi connectivity index (χ4v) is 9.69. The van der Waals surface area contributed by atoms with E-state index in [9.17, 15) is 45.5 Å². The first-order valence-corrected chi connectivity index (χ1v) is 21.1. The number of methoxy groups -OCH3 is 2. The summed E-state index contributed by atoms with van der Waals surface area (Å²) in [5, 5.41) is 13.5. The van der Waals surface area contributed by atoms with E-state index < -0.39 is 99.1 Å². The van der Waals surface area contributed by atoms with Gasteiger partial charge in [-0.25, -0.2) is 17.6 Å². The molecule has 4 aliphatic rings. The van der Waals surface area contributed by atoms with Crippen LogP contribution in [0, 0.1) is 17.8 Å². The van der Waals surface area contributed by atoms with Gasteiger partial charge in [0.05, 0.1) is 31.7 Å². The molecule has 4 amide bonds. The average molecular weight is 871 g/mol. The van der Waals surface area contributed by atoms with E-state index in [-0.39, 0.29) is 54.8 Å². The summed E-state index contributed by atoms with van der Waals surface area (Å²) in [6.45, 7) is 2.94. The van der Waals surface area contributed by atoms with Crippen LogP contribution in [0.4, 0.5) is 22.4 Å². The third kappa shape index (κ3) is 8.24. The first-order chi connectivity index (χ1) is 28.0. The number of nitrogens with zero attached hydrogens (tertiary/aromatic N) is 4. The number of halogens is 4. The third-order valence-corrected chi connectivity index (χ3v) is 14.4. The second kappa shape index (κ2) is 16.2. The molecule has 21 heteroatoms. The number of carbonyl (C=O) groups is 4. The largest absolute Gasteiger partial charge is 0.497 e. The standard InChI is InChI=1S/C39H50F4N6O10S/c1-21-9-7-8-10-23-18-38(23,33(52)47-60(55,56)37(20-40)13-14-37)46-30(50)28-17-25(59-31-26-12-11-24(57-5)16-27(26)44-34(45-31)58-6)19-48(28)32(51)29(22(2)15-21)49(35(53)54)36(3,4)39(41,42)43/h8,10-12,16,21-23,25,28-29H,7,9,13-15,17-20H2,1-6H3,(H,46,50)(H,47,52)(H,53,54)/t21-,22-,23-,25-,28+,29+,38-/m1/s1. The molecule has 0 spiro atoms. The molecule has 0 unspecified atom stereocenters. The number of sulfonamides is 1. The van der Waals surface area contributed by atoms with Crippen molar-refractivity contribution in [3.8, 4) is 17.6 Å². The molecule has 2 saturated carbocycles. The number of hydrogen-bond donors (Lipinski definition) is 3. The lowest BCUT2D eigenvalue weighted by Crippen LogP contribution is -2.66. The third-order valence-electron chi connectivity index (χ3n) is 12.3. The van der Waals surface area contributed by atoms with Gasteiger partial charge in [-0.1, -0.05) is 26.0 Å². The Balaban J connectivity index is 1.44. The van der Waals surface area contributed by atoms with Gasteiger partial charge in [0.1, 0.15) is 46.4 Å². The van der Waals surface area contributed by atoms with Gasteiger partial charge in [0.25, 0.3) is 5.91 Å². The average Bonchev–Trinajstić information content (AvgIpc) is 4.08. The molecule has 0 radical (unpaired) electrons. The molecule has 7 atom stereocenters. The van der Waals surface area contributed by atoms with Crippen LogP contribution in [0.15, 0.2) is 30.4 Å². The second-order valence-corrected chi connectivity index (χ2v) is 19.0. The van der Waals surface area contributed by atoms with E-state index in [1.165, 1.54) is 21.1 Å². The monoisotopic (exact) mass is 870 g/mol. The van der Waals surface area contributed by atoms with Crippen molar-refractivity contribution in [2.45, 2.75) is 113 Å². The number of allylic oxidation sites excluding steroid dienone is 1. The van der Waals surface area contributed by atoms with Gasteiger partial charge in [-0.05, 0) is 76.3 Å². The van der Waals surface area contributed by atoms with Crippen LogP contribution in [0.1, 0.15) is 72.6 Å². The second-order valence-electron chi connectivity index (χ2n) is 16.9. The lowest BCUT2D eigenvalue weighted by Gasteiger charge is -2.45. The zero-order valence-corrected chi connectivity index (χ0v) is 34.9. The van der Waals surface area contributed by atoms with Gasteiger partial charge in [-0.2, -0.15) is 23.1 Å². The lowest BCUT2D eigenvalue weighted by atomic mass is 9.85. The first-order valence-electron chi connectivity index (χ1n) is 19.6. The summed E-state index contributed by atoms with van der Waals surface area (Å²) in [5.74, 6) is -4.77. The molecule has 0 bridgehead atoms. The zero-order chi connectivity index (χ0) is 44.2. The molecule has 1 saturated heterocycles. The summed E-state index contributed by atoms with van der Waals surface area (Å²) < 4.78 is 102. The van der Waals surface area contributed by atoms with Crippen molar-refractivity contribution in [3.63, 3.8) is 0 Å². The lowest BCUT2D eigenvalue weighted by molar-refractivity contribution is -0.222. The highest BCUT2D eigenvalue weighted by Crippen LogP contribution is 2.48. The van der Waals surface area contributed by atoms with Crippen molar-refractivity contribution in [1.82, 2.24) is 29.8 Å². The summed E-state index contributed by atoms with van der Waals surface area (Å²) in [6, 6.07) is 1.14. The van der Waals surface area contributed by atoms with Gasteiger partial charge < -0.3 is 29.5 Å². The Morgan fingerprint density at radius 3 is 2.40 bits per heavy atom. The Bertz CT molecular complexity index is 2160. The Labute approximate surface area is 344 Å². The first kappa shape index (κ1) is 44.6. The van der Waals surface area contributed by atoms with Crippen LogP contribution in [-0.4, -0.2) is 125 Å². The van der Waals surface area contributed by atoms with Crippen LogP contribution in [0.5, 0.6) is 17.6 Å². The number of amides is 4. The Morgan fingerprint density at radius 1 is 1.10 bits per heavy atom. The van der Waals surface area contributed by atoms with Crippen LogP contribution >= 0.6 is 0 Å². The van der Waals surface area contributed by atoms with Crippen molar-refractivity contribution in [2.24, 2.45) is 17.8 Å². The molecule has 1 aromatic heterocycles. The SMILES string of the molecule is COc1ccc2c(O[C@@H]3C[C@H]4C(=O)N[C@]5(C(=O)NS(=O)(=O)C6(CF)CC6)C[C@H]5C=CCC[C@@H](C)C[C@@H](C)[C@H](N(C(=O)O)C(C)(C)C(F)(F)F)C(=O)N4C3)nc(OC)nc2c1. The molecule has 1 aromatic carbocycles. The number of hydrogen-bond acceptors (Lipinski definition) is 11. The van der Waals surface area contributed by atoms with Crippen molar-refractivity contribution < 1.29 is 64.5 Å². The number of rotatable bonds is 10. The topological polar surface area (TPSA) is 207 Å². The van der Waals surface area contributed by atoms with E-state index in [2.05, 4.69) is 15.3 Å². The molecular weight excluding hydrogens is 821 g/mol. The molecule has 16 nitrogen and oxygen atoms in total. The predicted octanol–water partition coefficient (Wildman–Crippen LogP) is 4.52. The molecule has 3 fully saturated rings. The zero-order valence-electron chi connectivity index (χ0n) is 34.0. The number of carbonyl (C=O) groups excluding carboxylic acids is 3. The molecule has 6 rings (SSSR count). The summed E-state index contributed by atoms with van der Waals surface area (Å²) >= 11 is 0. The van der Waals surface area contributed by atoms with Gasteiger partial charge in [0, 0.05) is 18.4 Å². The van der Waals surface area contributed by atoms with Gasteiger partial charge in [-0.3, -0.25) is 24.0 Å². The van der Waals surface area contributed by atoms with E-state index in [4.69, 9.17) is 14.2 Å². The quantitative estimate of drug-likeness (QED) is 0.223.